The molecule has 2 aliphatic carbocycles. The maximum Gasteiger partial charge on any atom is 0.0992 e. The van der Waals surface area contributed by atoms with Crippen molar-refractivity contribution in [3.05, 3.63) is 138 Å². The maximum atomic E-state index is 10.8. The fourth-order valence-corrected chi connectivity index (χ4v) is 7.51. The Labute approximate surface area is 256 Å². The first-order valence-electron chi connectivity index (χ1n) is 15.2. The van der Waals surface area contributed by atoms with Gasteiger partial charge in [0.15, 0.2) is 0 Å². The lowest BCUT2D eigenvalue weighted by Gasteiger charge is -2.36. The molecule has 0 aliphatic heterocycles. The minimum atomic E-state index is -0.840. The van der Waals surface area contributed by atoms with Gasteiger partial charge < -0.3 is 9.13 Å². The second-order valence-electron chi connectivity index (χ2n) is 12.3. The number of aromatic nitrogens is 2. The molecule has 44 heavy (non-hydrogen) atoms. The van der Waals surface area contributed by atoms with Crippen molar-refractivity contribution < 1.29 is 0 Å². The molecule has 0 bridgehead atoms. The molecule has 4 nitrogen and oxygen atoms in total. The molecule has 4 aromatic carbocycles. The molecule has 210 valence electrons. The number of fused-ring (bicyclic) bond motifs is 6. The predicted molar refractivity (Wildman–Crippen MR) is 179 cm³/mol. The normalized spacial score (nSPS) is 20.9. The molecule has 2 aromatic heterocycles. The molecule has 0 spiro atoms. The summed E-state index contributed by atoms with van der Waals surface area (Å²) in [6.07, 6.45) is 11.7. The summed E-state index contributed by atoms with van der Waals surface area (Å²) >= 11 is 0. The van der Waals surface area contributed by atoms with Gasteiger partial charge in [0.05, 0.1) is 45.4 Å². The van der Waals surface area contributed by atoms with Crippen LogP contribution in [0.2, 0.25) is 0 Å². The van der Waals surface area contributed by atoms with Crippen molar-refractivity contribution in [2.24, 2.45) is 11.3 Å². The summed E-state index contributed by atoms with van der Waals surface area (Å²) in [4.78, 5) is 0. The number of allylic oxidation sites excluding steroid dienone is 5. The number of hydrogen-bond donors (Lipinski definition) is 0. The van der Waals surface area contributed by atoms with Gasteiger partial charge in [-0.2, -0.15) is 10.5 Å². The number of hydrogen-bond acceptors (Lipinski definition) is 2. The van der Waals surface area contributed by atoms with E-state index < -0.39 is 5.41 Å². The van der Waals surface area contributed by atoms with Gasteiger partial charge in [0.2, 0.25) is 0 Å². The van der Waals surface area contributed by atoms with Gasteiger partial charge in [0, 0.05) is 33.5 Å². The Morgan fingerprint density at radius 2 is 1.43 bits per heavy atom. The van der Waals surface area contributed by atoms with E-state index in [0.29, 0.717) is 11.5 Å². The van der Waals surface area contributed by atoms with Gasteiger partial charge in [-0.15, -0.1) is 0 Å². The Bertz CT molecular complexity index is 2270. The van der Waals surface area contributed by atoms with E-state index in [0.717, 1.165) is 45.6 Å². The molecule has 0 N–H and O–H groups in total. The molecule has 3 unspecified atom stereocenters. The van der Waals surface area contributed by atoms with Crippen LogP contribution in [0.4, 0.5) is 0 Å². The van der Waals surface area contributed by atoms with Crippen LogP contribution in [0.25, 0.3) is 50.2 Å². The SMILES string of the molecule is CC1C=Cc2c(c3ccccc3n2-c2cc(C#N)ccc2C2C(n3c4ccccc4c4ccccc43)=CC=CC2(C)C#N)C1. The van der Waals surface area contributed by atoms with E-state index in [1.54, 1.807) is 0 Å². The van der Waals surface area contributed by atoms with Crippen molar-refractivity contribution >= 4 is 44.5 Å². The highest BCUT2D eigenvalue weighted by Gasteiger charge is 2.41. The summed E-state index contributed by atoms with van der Waals surface area (Å²) in [5, 5.41) is 24.5. The summed E-state index contributed by atoms with van der Waals surface area (Å²) in [5.41, 5.74) is 8.54. The van der Waals surface area contributed by atoms with E-state index in [-0.39, 0.29) is 5.92 Å². The Kier molecular flexibility index (Phi) is 5.77. The van der Waals surface area contributed by atoms with Crippen molar-refractivity contribution in [2.75, 3.05) is 0 Å². The zero-order chi connectivity index (χ0) is 30.0. The van der Waals surface area contributed by atoms with Crippen LogP contribution in [-0.2, 0) is 6.42 Å². The Morgan fingerprint density at radius 1 is 0.795 bits per heavy atom. The lowest BCUT2D eigenvalue weighted by atomic mass is 9.69. The largest absolute Gasteiger partial charge is 0.312 e. The minimum Gasteiger partial charge on any atom is -0.312 e. The van der Waals surface area contributed by atoms with Gasteiger partial charge >= 0.3 is 0 Å². The van der Waals surface area contributed by atoms with Gasteiger partial charge in [-0.1, -0.05) is 85.8 Å². The second-order valence-corrected chi connectivity index (χ2v) is 12.3. The van der Waals surface area contributed by atoms with E-state index in [2.05, 4.69) is 125 Å². The van der Waals surface area contributed by atoms with Crippen molar-refractivity contribution in [3.8, 4) is 17.8 Å². The Hall–Kier alpha value is -5.58. The topological polar surface area (TPSA) is 57.4 Å². The van der Waals surface area contributed by atoms with Crippen LogP contribution < -0.4 is 0 Å². The van der Waals surface area contributed by atoms with Crippen LogP contribution in [0.3, 0.4) is 0 Å². The molecule has 3 atom stereocenters. The first-order valence-corrected chi connectivity index (χ1v) is 15.2. The molecule has 4 heteroatoms. The average Bonchev–Trinajstić information content (AvgIpc) is 3.57. The van der Waals surface area contributed by atoms with Gasteiger partial charge in [-0.25, -0.2) is 0 Å². The van der Waals surface area contributed by atoms with Gasteiger partial charge in [0.1, 0.15) is 0 Å². The Balaban J connectivity index is 1.46. The number of benzene rings is 4. The summed E-state index contributed by atoms with van der Waals surface area (Å²) in [7, 11) is 0. The standard InChI is InChI=1S/C40H30N4/c1-26-17-20-36-32(22-26)30-12-5-8-15-35(30)44(36)38-23-27(24-41)18-19-31(38)39-37(16-9-21-40(39,2)25-42)43-33-13-6-3-10-28(33)29-11-4-7-14-34(29)43/h3-21,23,26,39H,22H2,1-2H3. The van der Waals surface area contributed by atoms with Gasteiger partial charge in [0.25, 0.3) is 0 Å². The first-order chi connectivity index (χ1) is 21.5. The third kappa shape index (κ3) is 3.68. The molecular formula is C40H30N4. The number of nitrogens with zero attached hydrogens (tertiary/aromatic N) is 4. The van der Waals surface area contributed by atoms with Crippen LogP contribution in [0, 0.1) is 34.0 Å². The van der Waals surface area contributed by atoms with E-state index in [1.807, 2.05) is 31.2 Å². The molecule has 0 saturated heterocycles. The maximum absolute atomic E-state index is 10.8. The van der Waals surface area contributed by atoms with Crippen molar-refractivity contribution in [1.29, 1.82) is 10.5 Å². The zero-order valence-electron chi connectivity index (χ0n) is 24.7. The average molecular weight is 567 g/mol. The van der Waals surface area contributed by atoms with Crippen LogP contribution >= 0.6 is 0 Å². The van der Waals surface area contributed by atoms with E-state index in [9.17, 15) is 10.5 Å². The van der Waals surface area contributed by atoms with Crippen LogP contribution in [0.5, 0.6) is 0 Å². The second kappa shape index (κ2) is 9.73. The number of rotatable bonds is 3. The quantitative estimate of drug-likeness (QED) is 0.214. The molecule has 2 aliphatic rings. The van der Waals surface area contributed by atoms with Crippen LogP contribution in [-0.4, -0.2) is 9.13 Å². The van der Waals surface area contributed by atoms with Crippen LogP contribution in [0.15, 0.2) is 115 Å². The fourth-order valence-electron chi connectivity index (χ4n) is 7.51. The molecule has 0 fully saturated rings. The van der Waals surface area contributed by atoms with Gasteiger partial charge in [-0.05, 0) is 72.9 Å². The molecule has 8 rings (SSSR count). The molecule has 2 heterocycles. The number of nitriles is 2. The minimum absolute atomic E-state index is 0.317. The van der Waals surface area contributed by atoms with Crippen LogP contribution in [0.1, 0.15) is 42.1 Å². The van der Waals surface area contributed by atoms with Crippen molar-refractivity contribution in [2.45, 2.75) is 26.2 Å². The summed E-state index contributed by atoms with van der Waals surface area (Å²) < 4.78 is 4.66. The Morgan fingerprint density at radius 3 is 2.09 bits per heavy atom. The zero-order valence-corrected chi connectivity index (χ0v) is 24.7. The third-order valence-corrected chi connectivity index (χ3v) is 9.52. The highest BCUT2D eigenvalue weighted by Crippen LogP contribution is 2.51. The van der Waals surface area contributed by atoms with E-state index >= 15 is 0 Å². The van der Waals surface area contributed by atoms with E-state index in [4.69, 9.17) is 0 Å². The lowest BCUT2D eigenvalue weighted by Crippen LogP contribution is -2.28. The predicted octanol–water partition coefficient (Wildman–Crippen LogP) is 9.54. The monoisotopic (exact) mass is 566 g/mol. The molecule has 0 saturated carbocycles. The van der Waals surface area contributed by atoms with Gasteiger partial charge in [-0.3, -0.25) is 0 Å². The van der Waals surface area contributed by atoms with Crippen molar-refractivity contribution in [3.63, 3.8) is 0 Å². The molecular weight excluding hydrogens is 536 g/mol. The van der Waals surface area contributed by atoms with E-state index in [1.165, 1.54) is 21.7 Å². The lowest BCUT2D eigenvalue weighted by molar-refractivity contribution is 0.498. The smallest absolute Gasteiger partial charge is 0.0992 e. The third-order valence-electron chi connectivity index (χ3n) is 9.52. The summed E-state index contributed by atoms with van der Waals surface area (Å²) in [6.45, 7) is 4.28. The molecule has 0 amide bonds. The first kappa shape index (κ1) is 26.1. The molecule has 0 radical (unpaired) electrons. The van der Waals surface area contributed by atoms with Crippen molar-refractivity contribution in [1.82, 2.24) is 9.13 Å². The summed E-state index contributed by atoms with van der Waals surface area (Å²) in [5.74, 6) is 0.129. The highest BCUT2D eigenvalue weighted by molar-refractivity contribution is 6.10. The summed E-state index contributed by atoms with van der Waals surface area (Å²) in [6, 6.07) is 36.6. The molecule has 6 aromatic rings. The fraction of sp³-hybridized carbons (Fsp3) is 0.150. The number of para-hydroxylation sites is 3. The highest BCUT2D eigenvalue weighted by atomic mass is 15.0.